The van der Waals surface area contributed by atoms with E-state index in [1.165, 1.54) is 14.0 Å². The molecule has 0 aliphatic heterocycles. The maximum Gasteiger partial charge on any atom is 0.216 e. The number of carbonyl (C=O) groups is 2. The lowest BCUT2D eigenvalue weighted by Crippen LogP contribution is -2.32. The van der Waals surface area contributed by atoms with Crippen LogP contribution in [0.1, 0.15) is 17.3 Å². The Hall–Kier alpha value is -2.08. The molecule has 1 rings (SSSR count). The molecule has 0 unspecified atom stereocenters. The van der Waals surface area contributed by atoms with E-state index in [1.54, 1.807) is 25.3 Å². The van der Waals surface area contributed by atoms with Crippen LogP contribution in [-0.4, -0.2) is 45.5 Å². The van der Waals surface area contributed by atoms with Crippen molar-refractivity contribution in [3.63, 3.8) is 0 Å². The van der Waals surface area contributed by atoms with E-state index in [0.717, 1.165) is 0 Å². The summed E-state index contributed by atoms with van der Waals surface area (Å²) in [6.07, 6.45) is 0. The van der Waals surface area contributed by atoms with Crippen molar-refractivity contribution in [2.45, 2.75) is 6.92 Å². The Labute approximate surface area is 118 Å². The molecule has 0 saturated carbocycles. The summed E-state index contributed by atoms with van der Waals surface area (Å²) in [5.74, 6) is 0.978. The highest BCUT2D eigenvalue weighted by Crippen LogP contribution is 2.27. The Morgan fingerprint density at radius 1 is 1.10 bits per heavy atom. The second-order valence-corrected chi connectivity index (χ2v) is 4.15. The quantitative estimate of drug-likeness (QED) is 0.539. The molecule has 0 bridgehead atoms. The zero-order valence-electron chi connectivity index (χ0n) is 12.0. The fourth-order valence-electron chi connectivity index (χ4n) is 1.64. The van der Waals surface area contributed by atoms with Gasteiger partial charge in [0.1, 0.15) is 0 Å². The smallest absolute Gasteiger partial charge is 0.216 e. The molecule has 0 heterocycles. The molecule has 0 aliphatic rings. The number of nitrogens with one attached hydrogen (secondary N) is 2. The molecular formula is C14H20N2O4. The number of hydrogen-bond donors (Lipinski definition) is 2. The number of rotatable bonds is 8. The number of carbonyl (C=O) groups excluding carboxylic acids is 2. The largest absolute Gasteiger partial charge is 0.493 e. The van der Waals surface area contributed by atoms with E-state index in [4.69, 9.17) is 9.47 Å². The van der Waals surface area contributed by atoms with E-state index >= 15 is 0 Å². The first kappa shape index (κ1) is 16.0. The van der Waals surface area contributed by atoms with Crippen LogP contribution in [0.25, 0.3) is 0 Å². The van der Waals surface area contributed by atoms with Crippen molar-refractivity contribution in [3.8, 4) is 11.5 Å². The van der Waals surface area contributed by atoms with Crippen LogP contribution < -0.4 is 20.1 Å². The normalized spacial score (nSPS) is 9.95. The lowest BCUT2D eigenvalue weighted by atomic mass is 10.1. The molecule has 6 heteroatoms. The lowest BCUT2D eigenvalue weighted by Gasteiger charge is -2.09. The van der Waals surface area contributed by atoms with Gasteiger partial charge in [0.2, 0.25) is 5.91 Å². The second-order valence-electron chi connectivity index (χ2n) is 4.15. The molecular weight excluding hydrogens is 260 g/mol. The number of ether oxygens (including phenoxy) is 2. The lowest BCUT2D eigenvalue weighted by molar-refractivity contribution is -0.118. The first-order valence-corrected chi connectivity index (χ1v) is 6.29. The van der Waals surface area contributed by atoms with Crippen LogP contribution >= 0.6 is 0 Å². The molecule has 0 saturated heterocycles. The third-order valence-corrected chi connectivity index (χ3v) is 2.67. The van der Waals surface area contributed by atoms with Gasteiger partial charge in [-0.25, -0.2) is 0 Å². The average molecular weight is 280 g/mol. The summed E-state index contributed by atoms with van der Waals surface area (Å²) in [6.45, 7) is 2.69. The Bertz CT molecular complexity index is 474. The van der Waals surface area contributed by atoms with Crippen molar-refractivity contribution in [3.05, 3.63) is 23.8 Å². The number of hydrogen-bond acceptors (Lipinski definition) is 5. The van der Waals surface area contributed by atoms with Crippen LogP contribution in [0, 0.1) is 0 Å². The Kier molecular flexibility index (Phi) is 6.52. The Morgan fingerprint density at radius 2 is 1.80 bits per heavy atom. The summed E-state index contributed by atoms with van der Waals surface area (Å²) >= 11 is 0. The van der Waals surface area contributed by atoms with Crippen molar-refractivity contribution >= 4 is 11.7 Å². The summed E-state index contributed by atoms with van der Waals surface area (Å²) in [7, 11) is 3.07. The SMILES string of the molecule is COc1ccc(C(=O)CNCCNC(C)=O)cc1OC. The summed E-state index contributed by atoms with van der Waals surface area (Å²) in [5, 5.41) is 5.61. The highest BCUT2D eigenvalue weighted by Gasteiger charge is 2.10. The monoisotopic (exact) mass is 280 g/mol. The predicted molar refractivity (Wildman–Crippen MR) is 75.4 cm³/mol. The van der Waals surface area contributed by atoms with Crippen LogP contribution in [0.15, 0.2) is 18.2 Å². The molecule has 0 spiro atoms. The van der Waals surface area contributed by atoms with Gasteiger partial charge < -0.3 is 20.1 Å². The molecule has 2 N–H and O–H groups in total. The van der Waals surface area contributed by atoms with Crippen molar-refractivity contribution in [2.75, 3.05) is 33.9 Å². The van der Waals surface area contributed by atoms with Gasteiger partial charge in [0.25, 0.3) is 0 Å². The van der Waals surface area contributed by atoms with Gasteiger partial charge in [-0.3, -0.25) is 9.59 Å². The maximum atomic E-state index is 12.0. The topological polar surface area (TPSA) is 76.7 Å². The van der Waals surface area contributed by atoms with Gasteiger partial charge in [-0.2, -0.15) is 0 Å². The summed E-state index contributed by atoms with van der Waals surface area (Å²) < 4.78 is 10.3. The molecule has 6 nitrogen and oxygen atoms in total. The number of Topliss-reactive ketones (excluding diaryl/α,β-unsaturated/α-hetero) is 1. The fourth-order valence-corrected chi connectivity index (χ4v) is 1.64. The minimum atomic E-state index is -0.0852. The molecule has 20 heavy (non-hydrogen) atoms. The molecule has 0 atom stereocenters. The summed E-state index contributed by atoms with van der Waals surface area (Å²) in [4.78, 5) is 22.6. The molecule has 1 aromatic carbocycles. The summed E-state index contributed by atoms with van der Waals surface area (Å²) in [6, 6.07) is 5.04. The minimum Gasteiger partial charge on any atom is -0.493 e. The first-order valence-electron chi connectivity index (χ1n) is 6.29. The van der Waals surface area contributed by atoms with Crippen molar-refractivity contribution in [1.82, 2.24) is 10.6 Å². The Morgan fingerprint density at radius 3 is 2.40 bits per heavy atom. The second kappa shape index (κ2) is 8.16. The van der Waals surface area contributed by atoms with Crippen molar-refractivity contribution in [2.24, 2.45) is 0 Å². The molecule has 1 amide bonds. The molecule has 110 valence electrons. The van der Waals surface area contributed by atoms with Crippen LogP contribution in [0.5, 0.6) is 11.5 Å². The van der Waals surface area contributed by atoms with Crippen molar-refractivity contribution in [1.29, 1.82) is 0 Å². The van der Waals surface area contributed by atoms with E-state index in [2.05, 4.69) is 10.6 Å². The summed E-state index contributed by atoms with van der Waals surface area (Å²) in [5.41, 5.74) is 0.551. The molecule has 0 aliphatic carbocycles. The predicted octanol–water partition coefficient (Wildman–Crippen LogP) is 0.612. The van der Waals surface area contributed by atoms with E-state index in [9.17, 15) is 9.59 Å². The van der Waals surface area contributed by atoms with Gasteiger partial charge in [0.05, 0.1) is 20.8 Å². The number of ketones is 1. The molecule has 0 aromatic heterocycles. The number of methoxy groups -OCH3 is 2. The van der Waals surface area contributed by atoms with Gasteiger partial charge >= 0.3 is 0 Å². The maximum absolute atomic E-state index is 12.0. The van der Waals surface area contributed by atoms with Crippen LogP contribution in [0.4, 0.5) is 0 Å². The van der Waals surface area contributed by atoms with E-state index < -0.39 is 0 Å². The standard InChI is InChI=1S/C14H20N2O4/c1-10(17)16-7-6-15-9-12(18)11-4-5-13(19-2)14(8-11)20-3/h4-5,8,15H,6-7,9H2,1-3H3,(H,16,17). The van der Waals surface area contributed by atoms with Crippen molar-refractivity contribution < 1.29 is 19.1 Å². The number of amides is 1. The van der Waals surface area contributed by atoms with Gasteiger partial charge in [0, 0.05) is 25.6 Å². The third-order valence-electron chi connectivity index (χ3n) is 2.67. The molecule has 0 fully saturated rings. The number of benzene rings is 1. The fraction of sp³-hybridized carbons (Fsp3) is 0.429. The zero-order chi connectivity index (χ0) is 15.0. The van der Waals surface area contributed by atoms with E-state index in [-0.39, 0.29) is 18.2 Å². The average Bonchev–Trinajstić information content (AvgIpc) is 2.45. The highest BCUT2D eigenvalue weighted by molar-refractivity contribution is 5.98. The van der Waals surface area contributed by atoms with Gasteiger partial charge in [-0.15, -0.1) is 0 Å². The highest BCUT2D eigenvalue weighted by atomic mass is 16.5. The van der Waals surface area contributed by atoms with E-state index in [0.29, 0.717) is 30.2 Å². The third kappa shape index (κ3) is 4.89. The van der Waals surface area contributed by atoms with Gasteiger partial charge in [0.15, 0.2) is 17.3 Å². The van der Waals surface area contributed by atoms with Crippen LogP contribution in [-0.2, 0) is 4.79 Å². The van der Waals surface area contributed by atoms with Crippen LogP contribution in [0.3, 0.4) is 0 Å². The molecule has 1 aromatic rings. The van der Waals surface area contributed by atoms with E-state index in [1.807, 2.05) is 0 Å². The first-order chi connectivity index (χ1) is 9.58. The zero-order valence-corrected chi connectivity index (χ0v) is 12.0. The van der Waals surface area contributed by atoms with Gasteiger partial charge in [-0.05, 0) is 18.2 Å². The Balaban J connectivity index is 2.49. The minimum absolute atomic E-state index is 0.0474. The van der Waals surface area contributed by atoms with Crippen LogP contribution in [0.2, 0.25) is 0 Å². The van der Waals surface area contributed by atoms with Gasteiger partial charge in [-0.1, -0.05) is 0 Å². The molecule has 0 radical (unpaired) electrons.